The van der Waals surface area contributed by atoms with Crippen LogP contribution in [0.2, 0.25) is 0 Å². The Balaban J connectivity index is 1.33. The van der Waals surface area contributed by atoms with Crippen molar-refractivity contribution in [2.45, 2.75) is 37.4 Å². The van der Waals surface area contributed by atoms with E-state index >= 15 is 0 Å². The fourth-order valence-electron chi connectivity index (χ4n) is 4.47. The number of rotatable bonds is 5. The number of benzene rings is 1. The summed E-state index contributed by atoms with van der Waals surface area (Å²) in [6.45, 7) is 3.68. The van der Waals surface area contributed by atoms with Gasteiger partial charge in [0.2, 0.25) is 11.8 Å². The maximum Gasteiger partial charge on any atom is 0.251 e. The Kier molecular flexibility index (Phi) is 6.10. The molecule has 1 aromatic carbocycles. The van der Waals surface area contributed by atoms with Crippen molar-refractivity contribution in [1.29, 1.82) is 0 Å². The van der Waals surface area contributed by atoms with E-state index in [1.807, 2.05) is 23.1 Å². The maximum atomic E-state index is 12.5. The Morgan fingerprint density at radius 2 is 1.93 bits per heavy atom. The first-order valence-electron chi connectivity index (χ1n) is 10.4. The van der Waals surface area contributed by atoms with Gasteiger partial charge in [-0.05, 0) is 25.0 Å². The quantitative estimate of drug-likeness (QED) is 0.726. The van der Waals surface area contributed by atoms with Gasteiger partial charge in [-0.1, -0.05) is 18.2 Å². The molecule has 29 heavy (non-hydrogen) atoms. The molecule has 3 fully saturated rings. The molecule has 3 aliphatic rings. The normalized spacial score (nSPS) is 27.2. The fourth-order valence-corrected chi connectivity index (χ4v) is 4.47. The van der Waals surface area contributed by atoms with Crippen molar-refractivity contribution in [2.75, 3.05) is 39.4 Å². The molecular formula is C21H28N4O4. The SMILES string of the molecule is O=C(N[C@H]1C[C@H]2C(=O)NC[C@@H](CCC(=O)N3CCOCC3)N2C1)c1ccccc1. The summed E-state index contributed by atoms with van der Waals surface area (Å²) in [4.78, 5) is 41.3. The Hall–Kier alpha value is -2.45. The molecule has 3 amide bonds. The summed E-state index contributed by atoms with van der Waals surface area (Å²) in [6, 6.07) is 8.90. The zero-order valence-electron chi connectivity index (χ0n) is 16.5. The first-order chi connectivity index (χ1) is 14.1. The first-order valence-corrected chi connectivity index (χ1v) is 10.4. The average molecular weight is 400 g/mol. The summed E-state index contributed by atoms with van der Waals surface area (Å²) in [6.07, 6.45) is 1.76. The van der Waals surface area contributed by atoms with Crippen LogP contribution in [0.4, 0.5) is 0 Å². The van der Waals surface area contributed by atoms with Gasteiger partial charge in [-0.2, -0.15) is 0 Å². The van der Waals surface area contributed by atoms with Gasteiger partial charge < -0.3 is 20.3 Å². The van der Waals surface area contributed by atoms with Gasteiger partial charge >= 0.3 is 0 Å². The summed E-state index contributed by atoms with van der Waals surface area (Å²) < 4.78 is 5.30. The zero-order valence-corrected chi connectivity index (χ0v) is 16.5. The van der Waals surface area contributed by atoms with Gasteiger partial charge in [0.1, 0.15) is 0 Å². The molecule has 3 atom stereocenters. The van der Waals surface area contributed by atoms with Gasteiger partial charge in [0, 0.05) is 50.2 Å². The van der Waals surface area contributed by atoms with E-state index in [-0.39, 0.29) is 35.8 Å². The second-order valence-electron chi connectivity index (χ2n) is 7.92. The van der Waals surface area contributed by atoms with Crippen molar-refractivity contribution in [3.8, 4) is 0 Å². The molecule has 8 nitrogen and oxygen atoms in total. The lowest BCUT2D eigenvalue weighted by Crippen LogP contribution is -2.58. The Morgan fingerprint density at radius 1 is 1.17 bits per heavy atom. The molecule has 0 aromatic heterocycles. The van der Waals surface area contributed by atoms with Gasteiger partial charge in [-0.3, -0.25) is 19.3 Å². The topological polar surface area (TPSA) is 91.0 Å². The molecule has 3 saturated heterocycles. The van der Waals surface area contributed by atoms with E-state index in [1.54, 1.807) is 12.1 Å². The summed E-state index contributed by atoms with van der Waals surface area (Å²) in [5.74, 6) is 0.0435. The van der Waals surface area contributed by atoms with Crippen molar-refractivity contribution < 1.29 is 19.1 Å². The number of carbonyl (C=O) groups is 3. The predicted molar refractivity (Wildman–Crippen MR) is 106 cm³/mol. The highest BCUT2D eigenvalue weighted by Crippen LogP contribution is 2.26. The molecule has 8 heteroatoms. The molecule has 3 aliphatic heterocycles. The van der Waals surface area contributed by atoms with E-state index in [4.69, 9.17) is 4.74 Å². The second-order valence-corrected chi connectivity index (χ2v) is 7.92. The minimum absolute atomic E-state index is 0.0113. The number of amides is 3. The molecule has 0 aliphatic carbocycles. The lowest BCUT2D eigenvalue weighted by atomic mass is 10.0. The number of morpholine rings is 1. The van der Waals surface area contributed by atoms with Crippen molar-refractivity contribution in [3.63, 3.8) is 0 Å². The van der Waals surface area contributed by atoms with E-state index in [9.17, 15) is 14.4 Å². The van der Waals surface area contributed by atoms with Crippen LogP contribution in [-0.4, -0.2) is 85.0 Å². The summed E-state index contributed by atoms with van der Waals surface area (Å²) in [7, 11) is 0. The van der Waals surface area contributed by atoms with Crippen LogP contribution in [0, 0.1) is 0 Å². The third-order valence-corrected chi connectivity index (χ3v) is 6.05. The summed E-state index contributed by atoms with van der Waals surface area (Å²) >= 11 is 0. The Morgan fingerprint density at radius 3 is 2.69 bits per heavy atom. The molecule has 156 valence electrons. The fraction of sp³-hybridized carbons (Fsp3) is 0.571. The molecule has 2 N–H and O–H groups in total. The van der Waals surface area contributed by atoms with Crippen LogP contribution in [-0.2, 0) is 14.3 Å². The molecule has 3 heterocycles. The van der Waals surface area contributed by atoms with Gasteiger partial charge in [-0.15, -0.1) is 0 Å². The highest BCUT2D eigenvalue weighted by atomic mass is 16.5. The molecule has 0 spiro atoms. The van der Waals surface area contributed by atoms with Gasteiger partial charge in [0.15, 0.2) is 0 Å². The van der Waals surface area contributed by atoms with Crippen LogP contribution in [0.25, 0.3) is 0 Å². The lowest BCUT2D eigenvalue weighted by molar-refractivity contribution is -0.136. The van der Waals surface area contributed by atoms with E-state index in [1.165, 1.54) is 0 Å². The molecule has 0 bridgehead atoms. The second kappa shape index (κ2) is 8.92. The number of piperazine rings is 1. The van der Waals surface area contributed by atoms with E-state index in [0.717, 1.165) is 0 Å². The maximum absolute atomic E-state index is 12.5. The third-order valence-electron chi connectivity index (χ3n) is 6.05. The summed E-state index contributed by atoms with van der Waals surface area (Å²) in [5, 5.41) is 6.03. The lowest BCUT2D eigenvalue weighted by Gasteiger charge is -2.37. The molecule has 0 saturated carbocycles. The Labute approximate surface area is 170 Å². The van der Waals surface area contributed by atoms with Crippen molar-refractivity contribution in [3.05, 3.63) is 35.9 Å². The highest BCUT2D eigenvalue weighted by molar-refractivity contribution is 5.94. The molecule has 0 unspecified atom stereocenters. The minimum Gasteiger partial charge on any atom is -0.378 e. The highest BCUT2D eigenvalue weighted by Gasteiger charge is 2.43. The number of hydrogen-bond acceptors (Lipinski definition) is 5. The van der Waals surface area contributed by atoms with Crippen LogP contribution in [0.3, 0.4) is 0 Å². The minimum atomic E-state index is -0.242. The number of ether oxygens (including phenoxy) is 1. The molecule has 4 rings (SSSR count). The molecular weight excluding hydrogens is 372 g/mol. The number of carbonyl (C=O) groups excluding carboxylic acids is 3. The monoisotopic (exact) mass is 400 g/mol. The molecule has 1 aromatic rings. The first kappa shape index (κ1) is 19.8. The predicted octanol–water partition coefficient (Wildman–Crippen LogP) is -0.00330. The zero-order chi connectivity index (χ0) is 20.2. The third kappa shape index (κ3) is 4.59. The van der Waals surface area contributed by atoms with Crippen molar-refractivity contribution in [1.82, 2.24) is 20.4 Å². The van der Waals surface area contributed by atoms with Crippen LogP contribution in [0.5, 0.6) is 0 Å². The van der Waals surface area contributed by atoms with Gasteiger partial charge in [0.05, 0.1) is 19.3 Å². The van der Waals surface area contributed by atoms with E-state index in [2.05, 4.69) is 15.5 Å². The van der Waals surface area contributed by atoms with Gasteiger partial charge in [0.25, 0.3) is 5.91 Å². The average Bonchev–Trinajstić information content (AvgIpc) is 3.19. The summed E-state index contributed by atoms with van der Waals surface area (Å²) in [5.41, 5.74) is 0.620. The van der Waals surface area contributed by atoms with E-state index in [0.29, 0.717) is 64.2 Å². The van der Waals surface area contributed by atoms with Crippen LogP contribution in [0.1, 0.15) is 29.6 Å². The molecule has 0 radical (unpaired) electrons. The largest absolute Gasteiger partial charge is 0.378 e. The van der Waals surface area contributed by atoms with Gasteiger partial charge in [-0.25, -0.2) is 0 Å². The van der Waals surface area contributed by atoms with Crippen LogP contribution < -0.4 is 10.6 Å². The van der Waals surface area contributed by atoms with Crippen LogP contribution >= 0.6 is 0 Å². The van der Waals surface area contributed by atoms with Crippen LogP contribution in [0.15, 0.2) is 30.3 Å². The number of nitrogens with one attached hydrogen (secondary N) is 2. The number of hydrogen-bond donors (Lipinski definition) is 2. The Bertz CT molecular complexity index is 750. The van der Waals surface area contributed by atoms with E-state index < -0.39 is 0 Å². The van der Waals surface area contributed by atoms with Crippen molar-refractivity contribution >= 4 is 17.7 Å². The standard InChI is InChI=1S/C21H28N4O4/c26-19(24-8-10-29-11-9-24)7-6-17-13-22-21(28)18-12-16(14-25(17)18)23-20(27)15-4-2-1-3-5-15/h1-5,16-18H,6-14H2,(H,22,28)(H,23,27)/t16-,17+,18-/m0/s1. The number of fused-ring (bicyclic) bond motifs is 1. The van der Waals surface area contributed by atoms with Crippen molar-refractivity contribution in [2.24, 2.45) is 0 Å². The number of nitrogens with zero attached hydrogens (tertiary/aromatic N) is 2. The smallest absolute Gasteiger partial charge is 0.251 e.